The summed E-state index contributed by atoms with van der Waals surface area (Å²) in [4.78, 5) is 60.9. The van der Waals surface area contributed by atoms with Gasteiger partial charge in [-0.25, -0.2) is 13.8 Å². The minimum absolute atomic E-state index is 0.0125. The molecule has 0 saturated carbocycles. The number of hydrogen-bond acceptors (Lipinski definition) is 9. The summed E-state index contributed by atoms with van der Waals surface area (Å²) in [6, 6.07) is 6.53. The summed E-state index contributed by atoms with van der Waals surface area (Å²) in [5.74, 6) is -10.5. The minimum Gasteiger partial charge on any atom is -0.420 e. The van der Waals surface area contributed by atoms with Crippen molar-refractivity contribution in [1.29, 1.82) is 0 Å². The maximum atomic E-state index is 13.7. The van der Waals surface area contributed by atoms with Crippen molar-refractivity contribution in [2.75, 3.05) is 31.6 Å². The van der Waals surface area contributed by atoms with Crippen molar-refractivity contribution in [3.63, 3.8) is 0 Å². The zero-order valence-electron chi connectivity index (χ0n) is 28.6. The standard InChI is InChI=1S/C36H38F4N6O6/c1-3-9-46(10-4-2)36(50)24-14-22-5-6-23(15-28(22)45-29(41)16-24)35(49)44-25-13-21(18-42-20-25)19-43-30(47)7-11-51-12-8-31(48)52-34-32(39)26(37)17-27(38)33(34)40/h5-6,13-15,17-18,20H,3-4,7-12,16,19H2,1-2H3,(H2,41,45)(H,43,47)(H,44,49). The van der Waals surface area contributed by atoms with Crippen LogP contribution in [0.3, 0.4) is 0 Å². The summed E-state index contributed by atoms with van der Waals surface area (Å²) in [5.41, 5.74) is 9.05. The second-order valence-corrected chi connectivity index (χ2v) is 11.7. The monoisotopic (exact) mass is 726 g/mol. The van der Waals surface area contributed by atoms with Crippen LogP contribution in [0.4, 0.5) is 28.9 Å². The number of ether oxygens (including phenoxy) is 2. The Morgan fingerprint density at radius 1 is 0.923 bits per heavy atom. The number of anilines is 1. The highest BCUT2D eigenvalue weighted by Gasteiger charge is 2.24. The minimum atomic E-state index is -1.84. The number of esters is 1. The third-order valence-corrected chi connectivity index (χ3v) is 7.56. The normalized spacial score (nSPS) is 12.2. The molecule has 3 amide bonds. The SMILES string of the molecule is CCCN(CCC)C(=O)C1=Cc2ccc(C(=O)Nc3cncc(CNC(=O)CCOCCC(=O)Oc4c(F)c(F)cc(F)c4F)c3)cc2N=C(N)C1. The van der Waals surface area contributed by atoms with Crippen molar-refractivity contribution in [3.8, 4) is 5.75 Å². The number of amidine groups is 1. The van der Waals surface area contributed by atoms with Crippen LogP contribution in [0.25, 0.3) is 6.08 Å². The van der Waals surface area contributed by atoms with Gasteiger partial charge in [-0.15, -0.1) is 0 Å². The molecule has 52 heavy (non-hydrogen) atoms. The summed E-state index contributed by atoms with van der Waals surface area (Å²) in [6.07, 6.45) is 5.93. The van der Waals surface area contributed by atoms with Gasteiger partial charge in [0.25, 0.3) is 5.91 Å². The van der Waals surface area contributed by atoms with Gasteiger partial charge in [-0.2, -0.15) is 8.78 Å². The zero-order chi connectivity index (χ0) is 37.8. The van der Waals surface area contributed by atoms with Crippen molar-refractivity contribution in [2.24, 2.45) is 10.7 Å². The Kier molecular flexibility index (Phi) is 14.0. The number of carbonyl (C=O) groups is 4. The average Bonchev–Trinajstić information content (AvgIpc) is 3.28. The molecular weight excluding hydrogens is 688 g/mol. The molecular formula is C36H38F4N6O6. The van der Waals surface area contributed by atoms with Crippen LogP contribution in [0.2, 0.25) is 0 Å². The molecule has 4 rings (SSSR count). The van der Waals surface area contributed by atoms with E-state index in [4.69, 9.17) is 10.5 Å². The number of nitrogens with zero attached hydrogens (tertiary/aromatic N) is 3. The van der Waals surface area contributed by atoms with Crippen LogP contribution in [0, 0.1) is 23.3 Å². The van der Waals surface area contributed by atoms with E-state index in [0.29, 0.717) is 46.7 Å². The van der Waals surface area contributed by atoms with E-state index >= 15 is 0 Å². The molecule has 0 bridgehead atoms. The number of nitrogens with two attached hydrogens (primary N) is 1. The Balaban J connectivity index is 1.25. The molecule has 0 aliphatic carbocycles. The molecule has 4 N–H and O–H groups in total. The van der Waals surface area contributed by atoms with Gasteiger partial charge in [-0.3, -0.25) is 24.2 Å². The third kappa shape index (κ3) is 10.7. The number of fused-ring (bicyclic) bond motifs is 1. The second-order valence-electron chi connectivity index (χ2n) is 11.7. The third-order valence-electron chi connectivity index (χ3n) is 7.56. The fourth-order valence-corrected chi connectivity index (χ4v) is 5.10. The molecule has 0 unspecified atom stereocenters. The summed E-state index contributed by atoms with van der Waals surface area (Å²) in [7, 11) is 0. The van der Waals surface area contributed by atoms with E-state index in [1.54, 1.807) is 35.2 Å². The predicted octanol–water partition coefficient (Wildman–Crippen LogP) is 5.33. The lowest BCUT2D eigenvalue weighted by molar-refractivity contribution is -0.136. The second kappa shape index (κ2) is 18.6. The van der Waals surface area contributed by atoms with Gasteiger partial charge in [0.1, 0.15) is 5.84 Å². The topological polar surface area (TPSA) is 165 Å². The lowest BCUT2D eigenvalue weighted by atomic mass is 10.0. The van der Waals surface area contributed by atoms with Gasteiger partial charge in [0.05, 0.1) is 37.2 Å². The van der Waals surface area contributed by atoms with E-state index in [2.05, 4.69) is 25.3 Å². The molecule has 1 aliphatic rings. The van der Waals surface area contributed by atoms with Crippen LogP contribution in [0.5, 0.6) is 5.75 Å². The fourth-order valence-electron chi connectivity index (χ4n) is 5.10. The van der Waals surface area contributed by atoms with Crippen LogP contribution in [0.15, 0.2) is 53.3 Å². The number of benzene rings is 2. The number of carbonyl (C=O) groups excluding carboxylic acids is 4. The molecule has 1 aromatic heterocycles. The van der Waals surface area contributed by atoms with E-state index in [1.807, 2.05) is 13.8 Å². The summed E-state index contributed by atoms with van der Waals surface area (Å²) in [6.45, 7) is 4.95. The highest BCUT2D eigenvalue weighted by Crippen LogP contribution is 2.29. The Hall–Kier alpha value is -5.64. The average molecular weight is 727 g/mol. The quantitative estimate of drug-likeness (QED) is 0.0586. The highest BCUT2D eigenvalue weighted by molar-refractivity contribution is 6.08. The Bertz CT molecular complexity index is 1850. The number of aliphatic imine (C=N–C) groups is 1. The van der Waals surface area contributed by atoms with E-state index in [0.717, 1.165) is 12.8 Å². The molecule has 1 aliphatic heterocycles. The van der Waals surface area contributed by atoms with Crippen molar-refractivity contribution in [3.05, 3.63) is 88.3 Å². The lowest BCUT2D eigenvalue weighted by Gasteiger charge is -2.22. The van der Waals surface area contributed by atoms with Gasteiger partial charge in [0, 0.05) is 61.4 Å². The first-order valence-electron chi connectivity index (χ1n) is 16.5. The molecule has 2 heterocycles. The first-order valence-corrected chi connectivity index (χ1v) is 16.5. The molecule has 276 valence electrons. The number of aromatic nitrogens is 1. The van der Waals surface area contributed by atoms with Gasteiger partial charge in [0.2, 0.25) is 29.2 Å². The molecule has 12 nitrogen and oxygen atoms in total. The molecule has 0 saturated heterocycles. The number of pyridine rings is 1. The van der Waals surface area contributed by atoms with Crippen molar-refractivity contribution < 1.29 is 46.2 Å². The van der Waals surface area contributed by atoms with E-state index < -0.39 is 53.2 Å². The number of rotatable bonds is 16. The van der Waals surface area contributed by atoms with Gasteiger partial charge in [0.15, 0.2) is 11.6 Å². The molecule has 0 fully saturated rings. The van der Waals surface area contributed by atoms with Crippen LogP contribution < -0.4 is 21.1 Å². The molecule has 0 radical (unpaired) electrons. The summed E-state index contributed by atoms with van der Waals surface area (Å²) >= 11 is 0. The lowest BCUT2D eigenvalue weighted by Crippen LogP contribution is -2.34. The van der Waals surface area contributed by atoms with Crippen LogP contribution in [0.1, 0.15) is 67.4 Å². The first kappa shape index (κ1) is 39.2. The van der Waals surface area contributed by atoms with E-state index in [1.165, 1.54) is 12.4 Å². The molecule has 0 atom stereocenters. The molecule has 2 aromatic carbocycles. The first-order chi connectivity index (χ1) is 24.9. The Morgan fingerprint density at radius 2 is 1.62 bits per heavy atom. The van der Waals surface area contributed by atoms with Gasteiger partial charge in [-0.05, 0) is 42.7 Å². The number of halogens is 4. The number of hydrogen-bond donors (Lipinski definition) is 3. The Labute approximate surface area is 297 Å². The van der Waals surface area contributed by atoms with Crippen molar-refractivity contribution in [2.45, 2.75) is 52.5 Å². The van der Waals surface area contributed by atoms with Crippen LogP contribution >= 0.6 is 0 Å². The number of amides is 3. The zero-order valence-corrected chi connectivity index (χ0v) is 28.6. The van der Waals surface area contributed by atoms with Crippen LogP contribution in [-0.2, 0) is 25.7 Å². The summed E-state index contributed by atoms with van der Waals surface area (Å²) in [5, 5.41) is 5.43. The van der Waals surface area contributed by atoms with Crippen molar-refractivity contribution >= 4 is 47.0 Å². The van der Waals surface area contributed by atoms with E-state index in [9.17, 15) is 36.7 Å². The van der Waals surface area contributed by atoms with Crippen LogP contribution in [-0.4, -0.2) is 65.7 Å². The molecule has 3 aromatic rings. The van der Waals surface area contributed by atoms with Crippen molar-refractivity contribution in [1.82, 2.24) is 15.2 Å². The fraction of sp³-hybridized carbons (Fsp3) is 0.333. The smallest absolute Gasteiger partial charge is 0.313 e. The maximum absolute atomic E-state index is 13.7. The number of nitrogens with one attached hydrogen (secondary N) is 2. The molecule has 16 heteroatoms. The highest BCUT2D eigenvalue weighted by atomic mass is 19.2. The van der Waals surface area contributed by atoms with Gasteiger partial charge >= 0.3 is 5.97 Å². The maximum Gasteiger partial charge on any atom is 0.313 e. The van der Waals surface area contributed by atoms with Gasteiger partial charge in [-0.1, -0.05) is 19.9 Å². The summed E-state index contributed by atoms with van der Waals surface area (Å²) < 4.78 is 63.4. The largest absolute Gasteiger partial charge is 0.420 e. The predicted molar refractivity (Wildman–Crippen MR) is 183 cm³/mol. The Morgan fingerprint density at radius 3 is 2.31 bits per heavy atom. The van der Waals surface area contributed by atoms with Gasteiger partial charge < -0.3 is 30.7 Å². The van der Waals surface area contributed by atoms with E-state index in [-0.39, 0.29) is 50.4 Å². The molecule has 0 spiro atoms.